The molecule has 0 aromatic heterocycles. The molecule has 3 heteroatoms. The number of likely N-dealkylation sites (N-methyl/N-ethyl adjacent to an activating group) is 1. The average Bonchev–Trinajstić information content (AvgIpc) is 2.25. The second kappa shape index (κ2) is 5.28. The standard InChI is InChI=1S/C12H28N2O/c1-8-11(3,4)14(6)12(5,9-13)10(2)15-7/h10H,8-9,13H2,1-7H3. The second-order valence-electron chi connectivity index (χ2n) is 5.16. The molecular formula is C12H28N2O. The van der Waals surface area contributed by atoms with Crippen molar-refractivity contribution in [2.45, 2.75) is 58.2 Å². The molecule has 0 rings (SSSR count). The average molecular weight is 216 g/mol. The molecule has 3 nitrogen and oxygen atoms in total. The van der Waals surface area contributed by atoms with Crippen LogP contribution in [0.3, 0.4) is 0 Å². The van der Waals surface area contributed by atoms with Crippen LogP contribution in [0.5, 0.6) is 0 Å². The van der Waals surface area contributed by atoms with Gasteiger partial charge >= 0.3 is 0 Å². The third kappa shape index (κ3) is 2.92. The highest BCUT2D eigenvalue weighted by Gasteiger charge is 2.40. The number of hydrogen-bond donors (Lipinski definition) is 1. The molecule has 0 spiro atoms. The summed E-state index contributed by atoms with van der Waals surface area (Å²) in [6.45, 7) is 11.5. The Labute approximate surface area is 95.0 Å². The van der Waals surface area contributed by atoms with Crippen molar-refractivity contribution in [2.75, 3.05) is 20.7 Å². The summed E-state index contributed by atoms with van der Waals surface area (Å²) in [5.74, 6) is 0. The Morgan fingerprint density at radius 3 is 2.07 bits per heavy atom. The lowest BCUT2D eigenvalue weighted by molar-refractivity contribution is -0.0611. The molecule has 0 fully saturated rings. The Balaban J connectivity index is 4.95. The van der Waals surface area contributed by atoms with Crippen molar-refractivity contribution in [2.24, 2.45) is 5.73 Å². The van der Waals surface area contributed by atoms with E-state index < -0.39 is 0 Å². The first-order valence-electron chi connectivity index (χ1n) is 5.73. The minimum absolute atomic E-state index is 0.117. The third-order valence-corrected chi connectivity index (χ3v) is 4.18. The zero-order valence-electron chi connectivity index (χ0n) is 11.4. The third-order valence-electron chi connectivity index (χ3n) is 4.18. The Kier molecular flexibility index (Phi) is 5.24. The summed E-state index contributed by atoms with van der Waals surface area (Å²) >= 11 is 0. The zero-order valence-corrected chi connectivity index (χ0v) is 11.4. The zero-order chi connectivity index (χ0) is 12.3. The van der Waals surface area contributed by atoms with Crippen LogP contribution in [0.1, 0.15) is 41.0 Å². The minimum Gasteiger partial charge on any atom is -0.380 e. The van der Waals surface area contributed by atoms with Gasteiger partial charge in [-0.15, -0.1) is 0 Å². The topological polar surface area (TPSA) is 38.5 Å². The lowest BCUT2D eigenvalue weighted by atomic mass is 9.87. The smallest absolute Gasteiger partial charge is 0.0736 e. The Hall–Kier alpha value is -0.120. The Morgan fingerprint density at radius 1 is 1.33 bits per heavy atom. The summed E-state index contributed by atoms with van der Waals surface area (Å²) in [6.07, 6.45) is 1.22. The van der Waals surface area contributed by atoms with E-state index in [-0.39, 0.29) is 17.2 Å². The van der Waals surface area contributed by atoms with E-state index in [0.717, 1.165) is 6.42 Å². The highest BCUT2D eigenvalue weighted by molar-refractivity contribution is 4.97. The van der Waals surface area contributed by atoms with Gasteiger partial charge in [0, 0.05) is 19.2 Å². The van der Waals surface area contributed by atoms with E-state index in [1.54, 1.807) is 7.11 Å². The fourth-order valence-corrected chi connectivity index (χ4v) is 1.76. The van der Waals surface area contributed by atoms with Gasteiger partial charge in [-0.1, -0.05) is 6.92 Å². The van der Waals surface area contributed by atoms with Gasteiger partial charge in [0.1, 0.15) is 0 Å². The first kappa shape index (κ1) is 14.9. The van der Waals surface area contributed by atoms with E-state index in [1.807, 2.05) is 0 Å². The molecular weight excluding hydrogens is 188 g/mol. The van der Waals surface area contributed by atoms with Crippen LogP contribution in [0.4, 0.5) is 0 Å². The number of rotatable bonds is 6. The molecule has 0 bridgehead atoms. The molecule has 2 atom stereocenters. The summed E-state index contributed by atoms with van der Waals surface area (Å²) in [5, 5.41) is 0. The van der Waals surface area contributed by atoms with Crippen LogP contribution in [0, 0.1) is 0 Å². The quantitative estimate of drug-likeness (QED) is 0.736. The molecule has 0 saturated heterocycles. The fourth-order valence-electron chi connectivity index (χ4n) is 1.76. The minimum atomic E-state index is -0.117. The molecule has 15 heavy (non-hydrogen) atoms. The maximum atomic E-state index is 5.91. The lowest BCUT2D eigenvalue weighted by Gasteiger charge is -2.50. The van der Waals surface area contributed by atoms with Crippen LogP contribution in [0.25, 0.3) is 0 Å². The van der Waals surface area contributed by atoms with Crippen LogP contribution >= 0.6 is 0 Å². The molecule has 0 saturated carbocycles. The lowest BCUT2D eigenvalue weighted by Crippen LogP contribution is -2.63. The van der Waals surface area contributed by atoms with Gasteiger partial charge < -0.3 is 10.5 Å². The molecule has 0 radical (unpaired) electrons. The highest BCUT2D eigenvalue weighted by Crippen LogP contribution is 2.28. The van der Waals surface area contributed by atoms with Crippen LogP contribution < -0.4 is 5.73 Å². The van der Waals surface area contributed by atoms with E-state index >= 15 is 0 Å². The largest absolute Gasteiger partial charge is 0.380 e. The van der Waals surface area contributed by atoms with E-state index in [2.05, 4.69) is 46.6 Å². The van der Waals surface area contributed by atoms with Crippen molar-refractivity contribution >= 4 is 0 Å². The molecule has 2 unspecified atom stereocenters. The van der Waals surface area contributed by atoms with E-state index in [9.17, 15) is 0 Å². The first-order chi connectivity index (χ1) is 6.76. The molecule has 92 valence electrons. The number of methoxy groups -OCH3 is 1. The van der Waals surface area contributed by atoms with Crippen molar-refractivity contribution < 1.29 is 4.74 Å². The predicted octanol–water partition coefficient (Wildman–Crippen LogP) is 1.86. The predicted molar refractivity (Wildman–Crippen MR) is 66.1 cm³/mol. The number of ether oxygens (including phenoxy) is 1. The molecule has 0 aliphatic rings. The summed E-state index contributed by atoms with van der Waals surface area (Å²) < 4.78 is 5.45. The first-order valence-corrected chi connectivity index (χ1v) is 5.73. The van der Waals surface area contributed by atoms with Gasteiger partial charge in [-0.25, -0.2) is 0 Å². The summed E-state index contributed by atoms with van der Waals surface area (Å²) in [6, 6.07) is 0. The molecule has 0 aliphatic heterocycles. The molecule has 0 amide bonds. The SMILES string of the molecule is CCC(C)(C)N(C)C(C)(CN)C(C)OC. The van der Waals surface area contributed by atoms with Gasteiger partial charge in [-0.2, -0.15) is 0 Å². The Morgan fingerprint density at radius 2 is 1.80 bits per heavy atom. The monoisotopic (exact) mass is 216 g/mol. The normalized spacial score (nSPS) is 19.0. The van der Waals surface area contributed by atoms with Crippen molar-refractivity contribution in [3.05, 3.63) is 0 Å². The van der Waals surface area contributed by atoms with E-state index in [0.29, 0.717) is 6.54 Å². The maximum Gasteiger partial charge on any atom is 0.0736 e. The van der Waals surface area contributed by atoms with Crippen molar-refractivity contribution in [3.8, 4) is 0 Å². The number of hydrogen-bond acceptors (Lipinski definition) is 3. The molecule has 0 aromatic rings. The van der Waals surface area contributed by atoms with Crippen LogP contribution in [-0.2, 0) is 4.74 Å². The molecule has 2 N–H and O–H groups in total. The van der Waals surface area contributed by atoms with Gasteiger partial charge in [-0.05, 0) is 41.2 Å². The van der Waals surface area contributed by atoms with Gasteiger partial charge in [0.2, 0.25) is 0 Å². The highest BCUT2D eigenvalue weighted by atomic mass is 16.5. The Bertz CT molecular complexity index is 194. The summed E-state index contributed by atoms with van der Waals surface area (Å²) in [5.41, 5.74) is 5.94. The number of nitrogens with zero attached hydrogens (tertiary/aromatic N) is 1. The van der Waals surface area contributed by atoms with Gasteiger partial charge in [-0.3, -0.25) is 4.90 Å². The molecule has 0 heterocycles. The van der Waals surface area contributed by atoms with Crippen molar-refractivity contribution in [3.63, 3.8) is 0 Å². The fraction of sp³-hybridized carbons (Fsp3) is 1.00. The van der Waals surface area contributed by atoms with Gasteiger partial charge in [0.15, 0.2) is 0 Å². The summed E-state index contributed by atoms with van der Waals surface area (Å²) in [4.78, 5) is 2.34. The summed E-state index contributed by atoms with van der Waals surface area (Å²) in [7, 11) is 3.87. The van der Waals surface area contributed by atoms with Gasteiger partial charge in [0.05, 0.1) is 11.6 Å². The van der Waals surface area contributed by atoms with Gasteiger partial charge in [0.25, 0.3) is 0 Å². The van der Waals surface area contributed by atoms with Crippen LogP contribution in [0.15, 0.2) is 0 Å². The molecule has 0 aromatic carbocycles. The van der Waals surface area contributed by atoms with Crippen molar-refractivity contribution in [1.29, 1.82) is 0 Å². The van der Waals surface area contributed by atoms with E-state index in [4.69, 9.17) is 10.5 Å². The van der Waals surface area contributed by atoms with E-state index in [1.165, 1.54) is 0 Å². The second-order valence-corrected chi connectivity index (χ2v) is 5.16. The number of nitrogens with two attached hydrogens (primary N) is 1. The van der Waals surface area contributed by atoms with Crippen molar-refractivity contribution in [1.82, 2.24) is 4.90 Å². The maximum absolute atomic E-state index is 5.91. The van der Waals surface area contributed by atoms with Crippen LogP contribution in [-0.4, -0.2) is 42.8 Å². The van der Waals surface area contributed by atoms with Crippen LogP contribution in [0.2, 0.25) is 0 Å². The molecule has 0 aliphatic carbocycles.